The van der Waals surface area contributed by atoms with Gasteiger partial charge in [-0.25, -0.2) is 9.48 Å². The minimum absolute atomic E-state index is 0.0129. The Morgan fingerprint density at radius 3 is 2.05 bits per heavy atom. The lowest BCUT2D eigenvalue weighted by Gasteiger charge is -2.34. The van der Waals surface area contributed by atoms with Crippen molar-refractivity contribution < 1.29 is 14.3 Å². The van der Waals surface area contributed by atoms with E-state index >= 15 is 0 Å². The summed E-state index contributed by atoms with van der Waals surface area (Å²) >= 11 is 0. The number of morpholine rings is 1. The summed E-state index contributed by atoms with van der Waals surface area (Å²) in [5.74, 6) is 1.51. The summed E-state index contributed by atoms with van der Waals surface area (Å²) < 4.78 is 7.13. The van der Waals surface area contributed by atoms with Crippen LogP contribution in [-0.4, -0.2) is 105 Å². The van der Waals surface area contributed by atoms with Crippen LogP contribution in [0.1, 0.15) is 23.0 Å². The number of rotatable bonds is 7. The Morgan fingerprint density at radius 2 is 1.43 bits per heavy atom. The van der Waals surface area contributed by atoms with Gasteiger partial charge in [0.25, 0.3) is 11.9 Å². The average Bonchev–Trinajstić information content (AvgIpc) is 3.51. The lowest BCUT2D eigenvalue weighted by atomic mass is 10.1. The molecule has 0 spiro atoms. The molecule has 2 aromatic carbocycles. The van der Waals surface area contributed by atoms with Crippen LogP contribution in [0.3, 0.4) is 0 Å². The molecule has 3 amide bonds. The van der Waals surface area contributed by atoms with Crippen molar-refractivity contribution in [1.82, 2.24) is 34.5 Å². The molecule has 228 valence electrons. The van der Waals surface area contributed by atoms with Gasteiger partial charge in [0.05, 0.1) is 18.9 Å². The van der Waals surface area contributed by atoms with Crippen LogP contribution in [-0.2, 0) is 4.74 Å². The number of aromatic nitrogens is 5. The summed E-state index contributed by atoms with van der Waals surface area (Å²) in [5, 5.41) is 10.1. The van der Waals surface area contributed by atoms with Gasteiger partial charge in [0.1, 0.15) is 0 Å². The van der Waals surface area contributed by atoms with Crippen LogP contribution < -0.4 is 15.5 Å². The highest BCUT2D eigenvalue weighted by Gasteiger charge is 2.22. The number of urea groups is 1. The molecule has 0 aliphatic carbocycles. The zero-order chi connectivity index (χ0) is 30.5. The van der Waals surface area contributed by atoms with Crippen LogP contribution in [0, 0.1) is 6.92 Å². The predicted molar refractivity (Wildman–Crippen MR) is 167 cm³/mol. The number of amides is 3. The van der Waals surface area contributed by atoms with Gasteiger partial charge in [0.2, 0.25) is 5.95 Å². The first kappa shape index (κ1) is 29.2. The second-order valence-electron chi connectivity index (χ2n) is 10.7. The molecule has 4 aromatic rings. The number of nitrogens with zero attached hydrogens (tertiary/aromatic N) is 8. The minimum Gasteiger partial charge on any atom is -0.378 e. The molecule has 4 heterocycles. The Bertz CT molecular complexity index is 1590. The van der Waals surface area contributed by atoms with Gasteiger partial charge in [-0.3, -0.25) is 4.79 Å². The Labute approximate surface area is 255 Å². The number of piperazine rings is 1. The highest BCUT2D eigenvalue weighted by atomic mass is 16.5. The Hall–Kier alpha value is -4.88. The molecule has 2 N–H and O–H groups in total. The van der Waals surface area contributed by atoms with Crippen molar-refractivity contribution in [2.75, 3.05) is 74.6 Å². The van der Waals surface area contributed by atoms with Gasteiger partial charge in [-0.2, -0.15) is 20.1 Å². The summed E-state index contributed by atoms with van der Waals surface area (Å²) in [6.45, 7) is 10.9. The van der Waals surface area contributed by atoms with Crippen LogP contribution in [0.15, 0.2) is 60.8 Å². The van der Waals surface area contributed by atoms with Crippen LogP contribution in [0.2, 0.25) is 0 Å². The summed E-state index contributed by atoms with van der Waals surface area (Å²) in [5.41, 5.74) is 3.44. The Balaban J connectivity index is 1.10. The number of carbonyl (C=O) groups is 2. The minimum atomic E-state index is -0.390. The molecule has 2 saturated heterocycles. The van der Waals surface area contributed by atoms with Crippen molar-refractivity contribution in [3.05, 3.63) is 72.1 Å². The molecule has 2 aliphatic rings. The first-order valence-corrected chi connectivity index (χ1v) is 14.9. The quantitative estimate of drug-likeness (QED) is 0.330. The molecule has 0 atom stereocenters. The molecule has 0 radical (unpaired) electrons. The van der Waals surface area contributed by atoms with Gasteiger partial charge in [-0.1, -0.05) is 6.92 Å². The van der Waals surface area contributed by atoms with Crippen LogP contribution in [0.4, 0.5) is 22.1 Å². The predicted octanol–water partition coefficient (Wildman–Crippen LogP) is 3.29. The lowest BCUT2D eigenvalue weighted by molar-refractivity contribution is 0.0643. The number of anilines is 3. The van der Waals surface area contributed by atoms with E-state index in [1.807, 2.05) is 36.2 Å². The fourth-order valence-corrected chi connectivity index (χ4v) is 5.16. The van der Waals surface area contributed by atoms with Gasteiger partial charge in [-0.15, -0.1) is 0 Å². The number of aryl methyl sites for hydroxylation is 1. The molecule has 6 rings (SSSR count). The van der Waals surface area contributed by atoms with Crippen molar-refractivity contribution in [3.63, 3.8) is 0 Å². The molecule has 13 heteroatoms. The highest BCUT2D eigenvalue weighted by molar-refractivity contribution is 6.00. The fourth-order valence-electron chi connectivity index (χ4n) is 5.16. The highest BCUT2D eigenvalue weighted by Crippen LogP contribution is 2.22. The second-order valence-corrected chi connectivity index (χ2v) is 10.7. The maximum atomic E-state index is 12.9. The van der Waals surface area contributed by atoms with E-state index in [2.05, 4.69) is 42.4 Å². The number of likely N-dealkylation sites (N-methyl/N-ethyl adjacent to an activating group) is 1. The first-order chi connectivity index (χ1) is 21.4. The second kappa shape index (κ2) is 13.2. The van der Waals surface area contributed by atoms with E-state index in [0.29, 0.717) is 61.0 Å². The lowest BCUT2D eigenvalue weighted by Crippen LogP contribution is -2.48. The van der Waals surface area contributed by atoms with Gasteiger partial charge in [-0.05, 0) is 68.1 Å². The van der Waals surface area contributed by atoms with Gasteiger partial charge in [0, 0.05) is 68.0 Å². The number of nitrogens with one attached hydrogen (secondary N) is 2. The molecule has 0 saturated carbocycles. The molecule has 2 fully saturated rings. The monoisotopic (exact) mass is 596 g/mol. The number of hydrogen-bond donors (Lipinski definition) is 2. The number of carbonyl (C=O) groups excluding carboxylic acids is 2. The molecule has 0 unspecified atom stereocenters. The number of hydrogen-bond acceptors (Lipinski definition) is 9. The summed E-state index contributed by atoms with van der Waals surface area (Å²) in [6.07, 6.45) is 1.82. The SMILES string of the molecule is CCN1CCN(C(=O)c2ccc(NC(=O)Nc3ccc(-c4nc(N5CCOCC5)nc(-n5ccc(C)n5)n4)cc3)cc2)CC1. The van der Waals surface area contributed by atoms with Crippen LogP contribution in [0.25, 0.3) is 17.3 Å². The topological polar surface area (TPSA) is 134 Å². The van der Waals surface area contributed by atoms with Crippen molar-refractivity contribution in [2.24, 2.45) is 0 Å². The summed E-state index contributed by atoms with van der Waals surface area (Å²) in [4.78, 5) is 46.0. The Kier molecular flexibility index (Phi) is 8.75. The molecular formula is C31H36N10O3. The Morgan fingerprint density at radius 1 is 0.795 bits per heavy atom. The maximum absolute atomic E-state index is 12.9. The third-order valence-electron chi connectivity index (χ3n) is 7.73. The first-order valence-electron chi connectivity index (χ1n) is 14.9. The maximum Gasteiger partial charge on any atom is 0.323 e. The molecule has 13 nitrogen and oxygen atoms in total. The molecule has 2 aliphatic heterocycles. The third kappa shape index (κ3) is 6.84. The number of benzene rings is 2. The normalized spacial score (nSPS) is 15.7. The van der Waals surface area contributed by atoms with Crippen LogP contribution in [0.5, 0.6) is 0 Å². The molecular weight excluding hydrogens is 560 g/mol. The van der Waals surface area contributed by atoms with Gasteiger partial charge in [0.15, 0.2) is 5.82 Å². The molecule has 2 aromatic heterocycles. The number of ether oxygens (including phenoxy) is 1. The third-order valence-corrected chi connectivity index (χ3v) is 7.73. The smallest absolute Gasteiger partial charge is 0.323 e. The van der Waals surface area contributed by atoms with Gasteiger partial charge < -0.3 is 30.1 Å². The van der Waals surface area contributed by atoms with Crippen molar-refractivity contribution in [3.8, 4) is 17.3 Å². The standard InChI is InChI=1S/C31H36N10O3/c1-3-38-14-16-39(17-15-38)28(42)24-6-10-26(11-7-24)33-31(43)32-25-8-4-23(5-9-25)27-34-29(40-18-20-44-21-19-40)36-30(35-27)41-13-12-22(2)37-41/h4-13H,3,14-21H2,1-2H3,(H2,32,33,43). The van der Waals surface area contributed by atoms with Gasteiger partial charge >= 0.3 is 6.03 Å². The molecule has 0 bridgehead atoms. The van der Waals surface area contributed by atoms with Crippen molar-refractivity contribution in [1.29, 1.82) is 0 Å². The van der Waals surface area contributed by atoms with E-state index in [4.69, 9.17) is 9.72 Å². The zero-order valence-electron chi connectivity index (χ0n) is 24.9. The largest absolute Gasteiger partial charge is 0.378 e. The molecule has 44 heavy (non-hydrogen) atoms. The van der Waals surface area contributed by atoms with Crippen molar-refractivity contribution in [2.45, 2.75) is 13.8 Å². The van der Waals surface area contributed by atoms with Crippen molar-refractivity contribution >= 4 is 29.3 Å². The summed E-state index contributed by atoms with van der Waals surface area (Å²) in [7, 11) is 0. The van der Waals surface area contributed by atoms with E-state index in [-0.39, 0.29) is 5.91 Å². The van der Waals surface area contributed by atoms with E-state index in [9.17, 15) is 9.59 Å². The van der Waals surface area contributed by atoms with E-state index < -0.39 is 6.03 Å². The average molecular weight is 597 g/mol. The van der Waals surface area contributed by atoms with E-state index in [1.165, 1.54) is 0 Å². The zero-order valence-corrected chi connectivity index (χ0v) is 24.9. The van der Waals surface area contributed by atoms with E-state index in [0.717, 1.165) is 44.0 Å². The fraction of sp³-hybridized carbons (Fsp3) is 0.355. The van der Waals surface area contributed by atoms with E-state index in [1.54, 1.807) is 41.1 Å². The summed E-state index contributed by atoms with van der Waals surface area (Å²) in [6, 6.07) is 15.8. The van der Waals surface area contributed by atoms with Crippen LogP contribution >= 0.6 is 0 Å².